The van der Waals surface area contributed by atoms with Crippen LogP contribution in [0.15, 0.2) is 0 Å². The van der Waals surface area contributed by atoms with E-state index in [1.807, 2.05) is 0 Å². The van der Waals surface area contributed by atoms with Gasteiger partial charge in [-0.15, -0.1) is 0 Å². The largest absolute Gasteiger partial charge is 0.242 e. The van der Waals surface area contributed by atoms with E-state index in [9.17, 15) is 8.78 Å². The highest BCUT2D eigenvalue weighted by Gasteiger charge is 2.29. The summed E-state index contributed by atoms with van der Waals surface area (Å²) in [5, 5.41) is 0. The minimum atomic E-state index is -2.13. The zero-order chi connectivity index (χ0) is 7.56. The first-order valence-corrected chi connectivity index (χ1v) is 4.55. The fourth-order valence-electron chi connectivity index (χ4n) is 1.40. The molecule has 0 saturated heterocycles. The standard InChI is InChI=1S/C7H11BrF2/c8-6-4-2-1-3-5(6)7(9)10/h5-7H,1-4H2/t5-,6+/m1/s1. The highest BCUT2D eigenvalue weighted by molar-refractivity contribution is 9.09. The molecular formula is C7H11BrF2. The molecular weight excluding hydrogens is 202 g/mol. The Balaban J connectivity index is 2.40. The molecule has 0 radical (unpaired) electrons. The number of rotatable bonds is 1. The zero-order valence-electron chi connectivity index (χ0n) is 5.69. The summed E-state index contributed by atoms with van der Waals surface area (Å²) in [7, 11) is 0. The third kappa shape index (κ3) is 1.91. The van der Waals surface area contributed by atoms with Crippen LogP contribution in [0.4, 0.5) is 8.78 Å². The van der Waals surface area contributed by atoms with E-state index in [-0.39, 0.29) is 4.83 Å². The third-order valence-corrected chi connectivity index (χ3v) is 3.19. The Hall–Kier alpha value is 0.340. The van der Waals surface area contributed by atoms with Gasteiger partial charge in [0.1, 0.15) is 0 Å². The Morgan fingerprint density at radius 1 is 1.20 bits per heavy atom. The van der Waals surface area contributed by atoms with Crippen molar-refractivity contribution in [3.8, 4) is 0 Å². The Labute approximate surface area is 68.1 Å². The Kier molecular flexibility index (Phi) is 3.08. The van der Waals surface area contributed by atoms with Crippen molar-refractivity contribution in [2.45, 2.75) is 36.9 Å². The number of halogens is 3. The Bertz CT molecular complexity index is 106. The van der Waals surface area contributed by atoms with E-state index in [1.54, 1.807) is 0 Å². The van der Waals surface area contributed by atoms with Gasteiger partial charge in [0.2, 0.25) is 6.43 Å². The average Bonchev–Trinajstić information content (AvgIpc) is 1.88. The minimum absolute atomic E-state index is 0.0567. The third-order valence-electron chi connectivity index (χ3n) is 2.06. The van der Waals surface area contributed by atoms with Gasteiger partial charge in [-0.05, 0) is 12.8 Å². The lowest BCUT2D eigenvalue weighted by Gasteiger charge is -2.26. The smallest absolute Gasteiger partial charge is 0.210 e. The van der Waals surface area contributed by atoms with E-state index in [0.717, 1.165) is 19.3 Å². The highest BCUT2D eigenvalue weighted by Crippen LogP contribution is 2.33. The molecule has 0 aromatic heterocycles. The van der Waals surface area contributed by atoms with Crippen LogP contribution in [-0.2, 0) is 0 Å². The van der Waals surface area contributed by atoms with Gasteiger partial charge in [-0.1, -0.05) is 28.8 Å². The molecule has 0 bridgehead atoms. The summed E-state index contributed by atoms with van der Waals surface area (Å²) in [5.74, 6) is -0.395. The van der Waals surface area contributed by atoms with Gasteiger partial charge in [0.05, 0.1) is 0 Å². The van der Waals surface area contributed by atoms with Crippen molar-refractivity contribution in [2.75, 3.05) is 0 Å². The molecule has 0 nitrogen and oxygen atoms in total. The van der Waals surface area contributed by atoms with Gasteiger partial charge < -0.3 is 0 Å². The molecule has 0 N–H and O–H groups in total. The van der Waals surface area contributed by atoms with Gasteiger partial charge in [0, 0.05) is 10.7 Å². The maximum Gasteiger partial charge on any atom is 0.242 e. The topological polar surface area (TPSA) is 0 Å². The van der Waals surface area contributed by atoms with Gasteiger partial charge in [-0.3, -0.25) is 0 Å². The molecule has 1 rings (SSSR count). The van der Waals surface area contributed by atoms with Crippen molar-refractivity contribution in [3.05, 3.63) is 0 Å². The quantitative estimate of drug-likeness (QED) is 0.586. The van der Waals surface area contributed by atoms with Crippen LogP contribution in [0.25, 0.3) is 0 Å². The maximum absolute atomic E-state index is 12.1. The number of alkyl halides is 3. The maximum atomic E-state index is 12.1. The molecule has 10 heavy (non-hydrogen) atoms. The molecule has 1 saturated carbocycles. The fourth-order valence-corrected chi connectivity index (χ4v) is 2.22. The summed E-state index contributed by atoms with van der Waals surface area (Å²) in [5.41, 5.74) is 0. The Morgan fingerprint density at radius 2 is 1.80 bits per heavy atom. The van der Waals surface area contributed by atoms with Crippen LogP contribution >= 0.6 is 15.9 Å². The molecule has 0 aromatic rings. The van der Waals surface area contributed by atoms with E-state index >= 15 is 0 Å². The fraction of sp³-hybridized carbons (Fsp3) is 1.00. The summed E-state index contributed by atoms with van der Waals surface area (Å²) in [6, 6.07) is 0. The molecule has 0 unspecified atom stereocenters. The van der Waals surface area contributed by atoms with E-state index in [2.05, 4.69) is 15.9 Å². The number of hydrogen-bond acceptors (Lipinski definition) is 0. The molecule has 1 aliphatic rings. The normalized spacial score (nSPS) is 34.8. The van der Waals surface area contributed by atoms with Crippen LogP contribution in [0.3, 0.4) is 0 Å². The summed E-state index contributed by atoms with van der Waals surface area (Å²) in [6.45, 7) is 0. The molecule has 0 amide bonds. The minimum Gasteiger partial charge on any atom is -0.210 e. The van der Waals surface area contributed by atoms with Crippen molar-refractivity contribution < 1.29 is 8.78 Å². The monoisotopic (exact) mass is 212 g/mol. The summed E-state index contributed by atoms with van der Waals surface area (Å²) in [6.07, 6.45) is 1.53. The average molecular weight is 213 g/mol. The molecule has 3 heteroatoms. The first kappa shape index (κ1) is 8.44. The van der Waals surface area contributed by atoms with E-state index in [1.165, 1.54) is 0 Å². The van der Waals surface area contributed by atoms with Crippen molar-refractivity contribution >= 4 is 15.9 Å². The second-order valence-corrected chi connectivity index (χ2v) is 3.97. The summed E-state index contributed by atoms with van der Waals surface area (Å²) < 4.78 is 24.3. The highest BCUT2D eigenvalue weighted by atomic mass is 79.9. The second-order valence-electron chi connectivity index (χ2n) is 2.80. The van der Waals surface area contributed by atoms with Crippen LogP contribution in [0.1, 0.15) is 25.7 Å². The summed E-state index contributed by atoms with van der Waals surface area (Å²) in [4.78, 5) is 0.0567. The van der Waals surface area contributed by atoms with E-state index in [4.69, 9.17) is 0 Å². The molecule has 0 spiro atoms. The lowest BCUT2D eigenvalue weighted by Crippen LogP contribution is -2.25. The van der Waals surface area contributed by atoms with Crippen molar-refractivity contribution in [1.82, 2.24) is 0 Å². The second kappa shape index (κ2) is 3.65. The van der Waals surface area contributed by atoms with Crippen LogP contribution in [0.5, 0.6) is 0 Å². The van der Waals surface area contributed by atoms with Gasteiger partial charge in [0.15, 0.2) is 0 Å². The first-order valence-electron chi connectivity index (χ1n) is 3.64. The molecule has 2 atom stereocenters. The predicted octanol–water partition coefficient (Wildman–Crippen LogP) is 3.21. The van der Waals surface area contributed by atoms with Crippen molar-refractivity contribution in [3.63, 3.8) is 0 Å². The van der Waals surface area contributed by atoms with Gasteiger partial charge in [0.25, 0.3) is 0 Å². The van der Waals surface area contributed by atoms with E-state index in [0.29, 0.717) is 6.42 Å². The number of hydrogen-bond donors (Lipinski definition) is 0. The van der Waals surface area contributed by atoms with Crippen LogP contribution < -0.4 is 0 Å². The van der Waals surface area contributed by atoms with Gasteiger partial charge in [-0.25, -0.2) is 8.78 Å². The van der Waals surface area contributed by atoms with Crippen molar-refractivity contribution in [2.24, 2.45) is 5.92 Å². The molecule has 1 aliphatic carbocycles. The molecule has 0 aliphatic heterocycles. The lowest BCUT2D eigenvalue weighted by atomic mass is 9.89. The van der Waals surface area contributed by atoms with Crippen LogP contribution in [0.2, 0.25) is 0 Å². The SMILES string of the molecule is FC(F)[C@@H]1CCCC[C@@H]1Br. The van der Waals surface area contributed by atoms with Crippen LogP contribution in [0, 0.1) is 5.92 Å². The molecule has 0 aromatic carbocycles. The molecule has 60 valence electrons. The summed E-state index contributed by atoms with van der Waals surface area (Å²) >= 11 is 3.28. The van der Waals surface area contributed by atoms with Crippen LogP contribution in [-0.4, -0.2) is 11.3 Å². The first-order chi connectivity index (χ1) is 4.72. The predicted molar refractivity (Wildman–Crippen MR) is 40.7 cm³/mol. The van der Waals surface area contributed by atoms with Crippen molar-refractivity contribution in [1.29, 1.82) is 0 Å². The van der Waals surface area contributed by atoms with E-state index < -0.39 is 12.3 Å². The molecule has 0 heterocycles. The van der Waals surface area contributed by atoms with Gasteiger partial charge >= 0.3 is 0 Å². The van der Waals surface area contributed by atoms with Gasteiger partial charge in [-0.2, -0.15) is 0 Å². The zero-order valence-corrected chi connectivity index (χ0v) is 7.28. The lowest BCUT2D eigenvalue weighted by molar-refractivity contribution is 0.0612. The molecule has 1 fully saturated rings. The Morgan fingerprint density at radius 3 is 2.20 bits per heavy atom.